The maximum Gasteiger partial charge on any atom is 0.416 e. The average molecular weight is 423 g/mol. The minimum absolute atomic E-state index is 0.0149. The van der Waals surface area contributed by atoms with Gasteiger partial charge in [-0.05, 0) is 36.4 Å². The van der Waals surface area contributed by atoms with Gasteiger partial charge in [-0.15, -0.1) is 5.10 Å². The summed E-state index contributed by atoms with van der Waals surface area (Å²) in [5.74, 6) is -2.23. The van der Waals surface area contributed by atoms with E-state index in [-0.39, 0.29) is 12.5 Å². The van der Waals surface area contributed by atoms with E-state index in [9.17, 15) is 22.8 Å². The van der Waals surface area contributed by atoms with Gasteiger partial charge in [-0.1, -0.05) is 6.07 Å². The van der Waals surface area contributed by atoms with Crippen LogP contribution in [0.2, 0.25) is 0 Å². The summed E-state index contributed by atoms with van der Waals surface area (Å²) in [6, 6.07) is 9.28. The quantitative estimate of drug-likeness (QED) is 0.506. The van der Waals surface area contributed by atoms with Crippen LogP contribution in [-0.4, -0.2) is 54.7 Å². The van der Waals surface area contributed by atoms with Crippen molar-refractivity contribution in [2.24, 2.45) is 0 Å². The zero-order chi connectivity index (χ0) is 21.9. The minimum Gasteiger partial charge on any atom is -0.480 e. The minimum atomic E-state index is -4.44. The van der Waals surface area contributed by atoms with Crippen molar-refractivity contribution in [2.75, 3.05) is 18.4 Å². The van der Waals surface area contributed by atoms with E-state index < -0.39 is 36.8 Å². The molecule has 0 aliphatic rings. The van der Waals surface area contributed by atoms with Gasteiger partial charge in [0.15, 0.2) is 5.65 Å². The summed E-state index contributed by atoms with van der Waals surface area (Å²) in [4.78, 5) is 27.4. The van der Waals surface area contributed by atoms with Gasteiger partial charge in [-0.25, -0.2) is 4.52 Å². The summed E-state index contributed by atoms with van der Waals surface area (Å²) in [6.07, 6.45) is -4.44. The highest BCUT2D eigenvalue weighted by Gasteiger charge is 2.30. The number of rotatable bonds is 8. The second kappa shape index (κ2) is 8.37. The molecule has 9 nitrogen and oxygen atoms in total. The topological polar surface area (TPSA) is 120 Å². The van der Waals surface area contributed by atoms with Crippen LogP contribution >= 0.6 is 0 Å². The Morgan fingerprint density at radius 3 is 2.23 bits per heavy atom. The van der Waals surface area contributed by atoms with Crippen LogP contribution in [0.5, 0.6) is 0 Å². The van der Waals surface area contributed by atoms with Crippen molar-refractivity contribution in [3.63, 3.8) is 0 Å². The zero-order valence-electron chi connectivity index (χ0n) is 15.3. The molecule has 0 unspecified atom stereocenters. The molecule has 0 saturated carbocycles. The predicted molar refractivity (Wildman–Crippen MR) is 98.3 cm³/mol. The molecule has 2 heterocycles. The first kappa shape index (κ1) is 21.0. The predicted octanol–water partition coefficient (Wildman–Crippen LogP) is 2.46. The molecule has 0 aliphatic carbocycles. The molecule has 0 saturated heterocycles. The first-order valence-electron chi connectivity index (χ1n) is 8.57. The number of benzene rings is 1. The Kier molecular flexibility index (Phi) is 5.87. The lowest BCUT2D eigenvalue weighted by Crippen LogP contribution is -2.34. The molecule has 3 rings (SSSR count). The molecule has 158 valence electrons. The lowest BCUT2D eigenvalue weighted by Gasteiger charge is -2.18. The summed E-state index contributed by atoms with van der Waals surface area (Å²) >= 11 is 0. The Labute approximate surface area is 167 Å². The van der Waals surface area contributed by atoms with Gasteiger partial charge in [-0.2, -0.15) is 18.2 Å². The molecule has 12 heteroatoms. The van der Waals surface area contributed by atoms with Crippen molar-refractivity contribution in [1.82, 2.24) is 19.5 Å². The fourth-order valence-corrected chi connectivity index (χ4v) is 2.78. The Balaban J connectivity index is 1.82. The highest BCUT2D eigenvalue weighted by Crippen LogP contribution is 2.30. The third kappa shape index (κ3) is 5.23. The van der Waals surface area contributed by atoms with Gasteiger partial charge >= 0.3 is 18.1 Å². The number of hydrogen-bond donors (Lipinski definition) is 3. The van der Waals surface area contributed by atoms with Gasteiger partial charge in [0, 0.05) is 12.2 Å². The number of nitrogens with one attached hydrogen (secondary N) is 1. The van der Waals surface area contributed by atoms with E-state index in [2.05, 4.69) is 15.4 Å². The second-order valence-electron chi connectivity index (χ2n) is 6.36. The maximum atomic E-state index is 12.7. The molecule has 0 spiro atoms. The maximum absolute atomic E-state index is 12.7. The van der Waals surface area contributed by atoms with Crippen molar-refractivity contribution >= 4 is 29.2 Å². The van der Waals surface area contributed by atoms with E-state index >= 15 is 0 Å². The largest absolute Gasteiger partial charge is 0.480 e. The molecule has 30 heavy (non-hydrogen) atoms. The monoisotopic (exact) mass is 423 g/mol. The fourth-order valence-electron chi connectivity index (χ4n) is 2.78. The zero-order valence-corrected chi connectivity index (χ0v) is 15.3. The third-order valence-corrected chi connectivity index (χ3v) is 4.01. The summed E-state index contributed by atoms with van der Waals surface area (Å²) in [7, 11) is 0. The van der Waals surface area contributed by atoms with Crippen LogP contribution in [0.15, 0.2) is 42.5 Å². The van der Waals surface area contributed by atoms with E-state index in [4.69, 9.17) is 10.2 Å². The number of carboxylic acids is 2. The molecule has 0 bridgehead atoms. The van der Waals surface area contributed by atoms with E-state index in [0.29, 0.717) is 17.0 Å². The van der Waals surface area contributed by atoms with Crippen LogP contribution in [0.1, 0.15) is 11.3 Å². The lowest BCUT2D eigenvalue weighted by atomic mass is 10.2. The van der Waals surface area contributed by atoms with Crippen molar-refractivity contribution < 1.29 is 33.0 Å². The number of halogens is 3. The third-order valence-electron chi connectivity index (χ3n) is 4.01. The molecule has 0 radical (unpaired) electrons. The molecule has 0 aliphatic heterocycles. The van der Waals surface area contributed by atoms with Crippen molar-refractivity contribution in [1.29, 1.82) is 0 Å². The summed E-state index contributed by atoms with van der Waals surface area (Å²) in [6.45, 7) is -0.971. The number of anilines is 2. The summed E-state index contributed by atoms with van der Waals surface area (Å²) in [5.41, 5.74) is 0.449. The number of nitrogens with zero attached hydrogens (tertiary/aromatic N) is 4. The molecule has 1 aromatic carbocycles. The fraction of sp³-hybridized carbons (Fsp3) is 0.222. The van der Waals surface area contributed by atoms with E-state index in [1.54, 1.807) is 18.2 Å². The number of aliphatic carboxylic acids is 2. The van der Waals surface area contributed by atoms with Crippen molar-refractivity contribution in [3.8, 4) is 0 Å². The highest BCUT2D eigenvalue weighted by atomic mass is 19.4. The number of hydrogen-bond acceptors (Lipinski definition) is 6. The standard InChI is InChI=1S/C18H16F3N5O4/c19-18(20,21)11-4-6-12(7-5-11)22-17-23-14-3-1-2-13(26(14)24-17)8-25(9-15(27)28)10-16(29)30/h1-7H,8-10H2,(H,22,24)(H,27,28)(H,29,30). The number of alkyl halides is 3. The second-order valence-corrected chi connectivity index (χ2v) is 6.36. The van der Waals surface area contributed by atoms with E-state index in [1.165, 1.54) is 21.5 Å². The average Bonchev–Trinajstić information content (AvgIpc) is 3.04. The SMILES string of the molecule is O=C(O)CN(CC(=O)O)Cc1cccc2nc(Nc3ccc(C(F)(F)F)cc3)nn12. The van der Waals surface area contributed by atoms with Gasteiger partial charge < -0.3 is 15.5 Å². The van der Waals surface area contributed by atoms with Crippen LogP contribution in [0.3, 0.4) is 0 Å². The Morgan fingerprint density at radius 2 is 1.67 bits per heavy atom. The number of pyridine rings is 1. The number of carbonyl (C=O) groups is 2. The molecule has 3 N–H and O–H groups in total. The van der Waals surface area contributed by atoms with Crippen molar-refractivity contribution in [3.05, 3.63) is 53.7 Å². The highest BCUT2D eigenvalue weighted by molar-refractivity contribution is 5.72. The molecular weight excluding hydrogens is 407 g/mol. The van der Waals surface area contributed by atoms with Crippen LogP contribution in [-0.2, 0) is 22.3 Å². The molecule has 0 fully saturated rings. The lowest BCUT2D eigenvalue weighted by molar-refractivity contribution is -0.142. The van der Waals surface area contributed by atoms with Crippen LogP contribution < -0.4 is 5.32 Å². The van der Waals surface area contributed by atoms with Crippen molar-refractivity contribution in [2.45, 2.75) is 12.7 Å². The van der Waals surface area contributed by atoms with Crippen LogP contribution in [0, 0.1) is 0 Å². The van der Waals surface area contributed by atoms with Crippen LogP contribution in [0.25, 0.3) is 5.65 Å². The van der Waals surface area contributed by atoms with Crippen LogP contribution in [0.4, 0.5) is 24.8 Å². The first-order valence-corrected chi connectivity index (χ1v) is 8.57. The summed E-state index contributed by atoms with van der Waals surface area (Å²) in [5, 5.41) is 25.0. The normalized spacial score (nSPS) is 11.7. The summed E-state index contributed by atoms with van der Waals surface area (Å²) < 4.78 is 39.4. The Hall–Kier alpha value is -3.67. The van der Waals surface area contributed by atoms with E-state index in [1.807, 2.05) is 0 Å². The first-order chi connectivity index (χ1) is 14.1. The van der Waals surface area contributed by atoms with Gasteiger partial charge in [0.05, 0.1) is 24.3 Å². The van der Waals surface area contributed by atoms with Gasteiger partial charge in [0.1, 0.15) is 0 Å². The number of fused-ring (bicyclic) bond motifs is 1. The molecule has 0 amide bonds. The molecule has 0 atom stereocenters. The molecule has 2 aromatic heterocycles. The number of carboxylic acid groups (broad SMARTS) is 2. The Bertz CT molecular complexity index is 1050. The van der Waals surface area contributed by atoms with E-state index in [0.717, 1.165) is 12.1 Å². The van der Waals surface area contributed by atoms with Gasteiger partial charge in [-0.3, -0.25) is 14.5 Å². The molecular formula is C18H16F3N5O4. The number of aromatic nitrogens is 3. The molecule has 3 aromatic rings. The Morgan fingerprint density at radius 1 is 1.03 bits per heavy atom. The smallest absolute Gasteiger partial charge is 0.416 e. The van der Waals surface area contributed by atoms with Gasteiger partial charge in [0.2, 0.25) is 5.95 Å². The van der Waals surface area contributed by atoms with Gasteiger partial charge in [0.25, 0.3) is 0 Å².